The number of carbonyl (C=O) groups is 1. The molecular formula is C19H18N2O. The Balaban J connectivity index is 2.19. The number of benzene rings is 3. The van der Waals surface area contributed by atoms with Crippen LogP contribution in [0.1, 0.15) is 10.4 Å². The fraction of sp³-hybridized carbons (Fsp3) is 0.105. The van der Waals surface area contributed by atoms with Gasteiger partial charge in [0.1, 0.15) is 0 Å². The number of fused-ring (bicyclic) bond motifs is 1. The maximum Gasteiger partial charge on any atom is 0.266 e. The fourth-order valence-corrected chi connectivity index (χ4v) is 2.56. The van der Waals surface area contributed by atoms with Crippen molar-refractivity contribution in [2.75, 3.05) is 14.1 Å². The van der Waals surface area contributed by atoms with E-state index in [2.05, 4.69) is 23.6 Å². The molecule has 0 spiro atoms. The zero-order valence-electron chi connectivity index (χ0n) is 12.7. The molecule has 0 aromatic heterocycles. The lowest BCUT2D eigenvalue weighted by atomic mass is 9.96. The summed E-state index contributed by atoms with van der Waals surface area (Å²) in [6.07, 6.45) is 0. The Kier molecular flexibility index (Phi) is 3.90. The normalized spacial score (nSPS) is 10.9. The summed E-state index contributed by atoms with van der Waals surface area (Å²) in [6, 6.07) is 22.1. The molecular weight excluding hydrogens is 272 g/mol. The molecule has 0 aliphatic rings. The van der Waals surface area contributed by atoms with Crippen LogP contribution in [0.4, 0.5) is 0 Å². The largest absolute Gasteiger partial charge is 0.285 e. The maximum absolute atomic E-state index is 12.5. The van der Waals surface area contributed by atoms with Crippen molar-refractivity contribution in [2.24, 2.45) is 0 Å². The number of nitrogens with one attached hydrogen (secondary N) is 1. The van der Waals surface area contributed by atoms with Crippen LogP contribution in [0, 0.1) is 0 Å². The van der Waals surface area contributed by atoms with Crippen molar-refractivity contribution in [3.05, 3.63) is 72.3 Å². The Bertz CT molecular complexity index is 810. The second-order valence-corrected chi connectivity index (χ2v) is 5.45. The van der Waals surface area contributed by atoms with E-state index in [9.17, 15) is 4.79 Å². The Morgan fingerprint density at radius 2 is 1.55 bits per heavy atom. The van der Waals surface area contributed by atoms with Gasteiger partial charge in [-0.15, -0.1) is 0 Å². The molecule has 0 aliphatic carbocycles. The smallest absolute Gasteiger partial charge is 0.266 e. The van der Waals surface area contributed by atoms with E-state index in [1.54, 1.807) is 19.1 Å². The average molecular weight is 290 g/mol. The van der Waals surface area contributed by atoms with Gasteiger partial charge in [0.15, 0.2) is 0 Å². The molecule has 0 saturated carbocycles. The van der Waals surface area contributed by atoms with Crippen molar-refractivity contribution in [2.45, 2.75) is 0 Å². The van der Waals surface area contributed by atoms with Crippen LogP contribution in [-0.2, 0) is 0 Å². The quantitative estimate of drug-likeness (QED) is 0.746. The van der Waals surface area contributed by atoms with Gasteiger partial charge in [-0.2, -0.15) is 0 Å². The lowest BCUT2D eigenvalue weighted by molar-refractivity contribution is 0.0858. The number of carbonyl (C=O) groups excluding carboxylic acids is 1. The third-order valence-corrected chi connectivity index (χ3v) is 3.54. The summed E-state index contributed by atoms with van der Waals surface area (Å²) in [6.45, 7) is 0. The summed E-state index contributed by atoms with van der Waals surface area (Å²) in [5, 5.41) is 3.68. The zero-order valence-corrected chi connectivity index (χ0v) is 12.7. The van der Waals surface area contributed by atoms with Crippen LogP contribution in [0.5, 0.6) is 0 Å². The van der Waals surface area contributed by atoms with Crippen molar-refractivity contribution >= 4 is 16.7 Å². The van der Waals surface area contributed by atoms with E-state index in [0.717, 1.165) is 21.9 Å². The molecule has 0 heterocycles. The van der Waals surface area contributed by atoms with E-state index < -0.39 is 0 Å². The van der Waals surface area contributed by atoms with E-state index in [1.807, 2.05) is 48.5 Å². The molecule has 0 fully saturated rings. The molecule has 22 heavy (non-hydrogen) atoms. The highest BCUT2D eigenvalue weighted by Crippen LogP contribution is 2.27. The second-order valence-electron chi connectivity index (χ2n) is 5.45. The minimum atomic E-state index is -0.0982. The molecule has 0 radical (unpaired) electrons. The van der Waals surface area contributed by atoms with Gasteiger partial charge in [0.25, 0.3) is 5.91 Å². The van der Waals surface area contributed by atoms with Crippen molar-refractivity contribution in [1.29, 1.82) is 0 Å². The predicted molar refractivity (Wildman–Crippen MR) is 90.5 cm³/mol. The van der Waals surface area contributed by atoms with Gasteiger partial charge in [0.05, 0.1) is 0 Å². The summed E-state index contributed by atoms with van der Waals surface area (Å²) in [5.41, 5.74) is 5.66. The molecule has 0 atom stereocenters. The molecule has 0 aliphatic heterocycles. The second kappa shape index (κ2) is 6.00. The van der Waals surface area contributed by atoms with Crippen molar-refractivity contribution in [1.82, 2.24) is 10.4 Å². The van der Waals surface area contributed by atoms with Gasteiger partial charge in [-0.1, -0.05) is 54.6 Å². The highest BCUT2D eigenvalue weighted by molar-refractivity contribution is 6.08. The summed E-state index contributed by atoms with van der Waals surface area (Å²) >= 11 is 0. The third kappa shape index (κ3) is 2.85. The van der Waals surface area contributed by atoms with Crippen molar-refractivity contribution in [3.63, 3.8) is 0 Å². The number of hydrogen-bond acceptors (Lipinski definition) is 2. The minimum Gasteiger partial charge on any atom is -0.285 e. The summed E-state index contributed by atoms with van der Waals surface area (Å²) < 4.78 is 0. The molecule has 1 N–H and O–H groups in total. The molecule has 3 nitrogen and oxygen atoms in total. The van der Waals surface area contributed by atoms with Gasteiger partial charge < -0.3 is 0 Å². The van der Waals surface area contributed by atoms with E-state index in [0.29, 0.717) is 5.56 Å². The van der Waals surface area contributed by atoms with Gasteiger partial charge in [-0.05, 0) is 34.0 Å². The zero-order chi connectivity index (χ0) is 15.5. The predicted octanol–water partition coefficient (Wildman–Crippen LogP) is 3.71. The molecule has 3 aromatic rings. The first-order chi connectivity index (χ1) is 10.6. The Morgan fingerprint density at radius 3 is 2.27 bits per heavy atom. The summed E-state index contributed by atoms with van der Waals surface area (Å²) in [7, 11) is 3.61. The third-order valence-electron chi connectivity index (χ3n) is 3.54. The SMILES string of the molecule is CN(C)NC(=O)c1cc(-c2ccccc2)cc2ccccc12. The summed E-state index contributed by atoms with van der Waals surface area (Å²) in [4.78, 5) is 12.5. The maximum atomic E-state index is 12.5. The Hall–Kier alpha value is -2.65. The average Bonchev–Trinajstić information content (AvgIpc) is 2.54. The number of rotatable bonds is 3. The highest BCUT2D eigenvalue weighted by atomic mass is 16.2. The molecule has 0 bridgehead atoms. The molecule has 0 unspecified atom stereocenters. The number of nitrogens with zero attached hydrogens (tertiary/aromatic N) is 1. The van der Waals surface area contributed by atoms with Crippen LogP contribution in [0.25, 0.3) is 21.9 Å². The first kappa shape index (κ1) is 14.3. The Labute approximate surface area is 130 Å². The van der Waals surface area contributed by atoms with Crippen molar-refractivity contribution in [3.8, 4) is 11.1 Å². The van der Waals surface area contributed by atoms with E-state index in [-0.39, 0.29) is 5.91 Å². The molecule has 110 valence electrons. The lowest BCUT2D eigenvalue weighted by Crippen LogP contribution is -2.36. The Morgan fingerprint density at radius 1 is 0.864 bits per heavy atom. The highest BCUT2D eigenvalue weighted by Gasteiger charge is 2.13. The summed E-state index contributed by atoms with van der Waals surface area (Å²) in [5.74, 6) is -0.0982. The molecule has 3 aromatic carbocycles. The monoisotopic (exact) mass is 290 g/mol. The number of hydrazine groups is 1. The van der Waals surface area contributed by atoms with E-state index in [4.69, 9.17) is 0 Å². The minimum absolute atomic E-state index is 0.0982. The molecule has 3 rings (SSSR count). The fourth-order valence-electron chi connectivity index (χ4n) is 2.56. The van der Waals surface area contributed by atoms with Crippen molar-refractivity contribution < 1.29 is 4.79 Å². The topological polar surface area (TPSA) is 32.3 Å². The molecule has 3 heteroatoms. The molecule has 0 saturated heterocycles. The van der Waals surface area contributed by atoms with Gasteiger partial charge in [0, 0.05) is 19.7 Å². The van der Waals surface area contributed by atoms with Gasteiger partial charge in [-0.3, -0.25) is 10.2 Å². The van der Waals surface area contributed by atoms with Gasteiger partial charge in [-0.25, -0.2) is 5.01 Å². The van der Waals surface area contributed by atoms with Gasteiger partial charge >= 0.3 is 0 Å². The standard InChI is InChI=1S/C19H18N2O/c1-21(2)20-19(22)18-13-16(14-8-4-3-5-9-14)12-15-10-6-7-11-17(15)18/h3-13H,1-2H3,(H,20,22). The number of hydrogen-bond donors (Lipinski definition) is 1. The first-order valence-corrected chi connectivity index (χ1v) is 7.21. The van der Waals surface area contributed by atoms with Crippen LogP contribution >= 0.6 is 0 Å². The first-order valence-electron chi connectivity index (χ1n) is 7.21. The van der Waals surface area contributed by atoms with E-state index in [1.165, 1.54) is 0 Å². The van der Waals surface area contributed by atoms with Crippen LogP contribution in [-0.4, -0.2) is 25.0 Å². The number of amides is 1. The lowest BCUT2D eigenvalue weighted by Gasteiger charge is -2.14. The van der Waals surface area contributed by atoms with Crippen LogP contribution in [0.2, 0.25) is 0 Å². The van der Waals surface area contributed by atoms with Crippen LogP contribution < -0.4 is 5.43 Å². The van der Waals surface area contributed by atoms with Gasteiger partial charge in [0.2, 0.25) is 0 Å². The van der Waals surface area contributed by atoms with Crippen LogP contribution in [0.3, 0.4) is 0 Å². The van der Waals surface area contributed by atoms with Crippen LogP contribution in [0.15, 0.2) is 66.7 Å². The van der Waals surface area contributed by atoms with E-state index >= 15 is 0 Å². The molecule has 1 amide bonds.